The quantitative estimate of drug-likeness (QED) is 0.850. The van der Waals surface area contributed by atoms with Gasteiger partial charge in [-0.05, 0) is 24.1 Å². The topological polar surface area (TPSA) is 69.7 Å². The van der Waals surface area contributed by atoms with Crippen LogP contribution >= 0.6 is 0 Å². The second-order valence-electron chi connectivity index (χ2n) is 4.79. The monoisotopic (exact) mass is 316 g/mol. The van der Waals surface area contributed by atoms with Gasteiger partial charge in [-0.3, -0.25) is 4.79 Å². The number of para-hydroxylation sites is 1. The molecule has 1 aromatic heterocycles. The first-order valence-electron chi connectivity index (χ1n) is 7.17. The molecule has 2 aromatic rings. The molecule has 0 aliphatic heterocycles. The summed E-state index contributed by atoms with van der Waals surface area (Å²) in [5.74, 6) is 1.73. The van der Waals surface area contributed by atoms with Crippen LogP contribution in [-0.4, -0.2) is 32.2 Å². The van der Waals surface area contributed by atoms with Gasteiger partial charge in [0.1, 0.15) is 0 Å². The van der Waals surface area contributed by atoms with Crippen molar-refractivity contribution in [2.24, 2.45) is 0 Å². The maximum atomic E-state index is 12.1. The summed E-state index contributed by atoms with van der Waals surface area (Å²) in [6, 6.07) is 9.06. The lowest BCUT2D eigenvalue weighted by molar-refractivity contribution is -0.116. The van der Waals surface area contributed by atoms with E-state index in [4.69, 9.17) is 14.2 Å². The zero-order chi connectivity index (χ0) is 16.7. The average Bonchev–Trinajstić information content (AvgIpc) is 2.60. The highest BCUT2D eigenvalue weighted by Crippen LogP contribution is 2.31. The summed E-state index contributed by atoms with van der Waals surface area (Å²) in [7, 11) is 4.72. The van der Waals surface area contributed by atoms with E-state index in [1.165, 1.54) is 0 Å². The Balaban J connectivity index is 1.96. The van der Waals surface area contributed by atoms with Crippen molar-refractivity contribution in [3.8, 4) is 17.4 Å². The van der Waals surface area contributed by atoms with Crippen LogP contribution < -0.4 is 19.5 Å². The third kappa shape index (κ3) is 4.35. The molecule has 23 heavy (non-hydrogen) atoms. The molecule has 0 aliphatic rings. The Bertz CT molecular complexity index is 656. The Morgan fingerprint density at radius 1 is 1.09 bits per heavy atom. The van der Waals surface area contributed by atoms with Crippen molar-refractivity contribution >= 4 is 11.6 Å². The van der Waals surface area contributed by atoms with Gasteiger partial charge in [0, 0.05) is 12.5 Å². The predicted octanol–water partition coefficient (Wildman–Crippen LogP) is 2.68. The first-order valence-corrected chi connectivity index (χ1v) is 7.17. The third-order valence-electron chi connectivity index (χ3n) is 3.34. The number of nitrogens with zero attached hydrogens (tertiary/aromatic N) is 1. The first-order chi connectivity index (χ1) is 11.2. The summed E-state index contributed by atoms with van der Waals surface area (Å²) in [6.07, 6.45) is 2.44. The molecule has 0 aliphatic carbocycles. The lowest BCUT2D eigenvalue weighted by atomic mass is 10.1. The molecule has 1 N–H and O–H groups in total. The van der Waals surface area contributed by atoms with Gasteiger partial charge in [0.2, 0.25) is 11.8 Å². The van der Waals surface area contributed by atoms with Gasteiger partial charge in [-0.2, -0.15) is 0 Å². The van der Waals surface area contributed by atoms with Gasteiger partial charge < -0.3 is 19.5 Å². The van der Waals surface area contributed by atoms with Gasteiger partial charge in [-0.15, -0.1) is 0 Å². The molecule has 0 saturated heterocycles. The molecule has 6 heteroatoms. The van der Waals surface area contributed by atoms with Crippen molar-refractivity contribution in [3.05, 3.63) is 42.1 Å². The number of hydrogen-bond donors (Lipinski definition) is 1. The molecule has 0 unspecified atom stereocenters. The van der Waals surface area contributed by atoms with Crippen LogP contribution in [0.2, 0.25) is 0 Å². The molecule has 0 bridgehead atoms. The molecule has 1 aromatic carbocycles. The van der Waals surface area contributed by atoms with E-state index >= 15 is 0 Å². The molecule has 0 radical (unpaired) electrons. The number of aryl methyl sites for hydroxylation is 1. The number of carbonyl (C=O) groups is 1. The number of ether oxygens (including phenoxy) is 3. The maximum Gasteiger partial charge on any atom is 0.224 e. The normalized spacial score (nSPS) is 10.0. The lowest BCUT2D eigenvalue weighted by Gasteiger charge is -2.12. The summed E-state index contributed by atoms with van der Waals surface area (Å²) in [6.45, 7) is 0. The van der Waals surface area contributed by atoms with Gasteiger partial charge in [0.25, 0.3) is 0 Å². The second-order valence-corrected chi connectivity index (χ2v) is 4.79. The number of pyridine rings is 1. The van der Waals surface area contributed by atoms with Crippen LogP contribution in [0.1, 0.15) is 12.0 Å². The molecule has 1 heterocycles. The Morgan fingerprint density at radius 2 is 1.91 bits per heavy atom. The molecule has 0 atom stereocenters. The summed E-state index contributed by atoms with van der Waals surface area (Å²) in [5.41, 5.74) is 1.56. The number of methoxy groups -OCH3 is 3. The fraction of sp³-hybridized carbons (Fsp3) is 0.294. The van der Waals surface area contributed by atoms with Crippen LogP contribution in [-0.2, 0) is 11.2 Å². The molecular weight excluding hydrogens is 296 g/mol. The van der Waals surface area contributed by atoms with Gasteiger partial charge >= 0.3 is 0 Å². The van der Waals surface area contributed by atoms with Crippen molar-refractivity contribution in [2.75, 3.05) is 26.6 Å². The van der Waals surface area contributed by atoms with Gasteiger partial charge in [0.15, 0.2) is 11.5 Å². The summed E-state index contributed by atoms with van der Waals surface area (Å²) in [4.78, 5) is 16.1. The molecular formula is C17H20N2O4. The van der Waals surface area contributed by atoms with E-state index in [9.17, 15) is 4.79 Å². The lowest BCUT2D eigenvalue weighted by Crippen LogP contribution is -2.12. The number of hydrogen-bond acceptors (Lipinski definition) is 5. The van der Waals surface area contributed by atoms with E-state index in [1.54, 1.807) is 39.7 Å². The van der Waals surface area contributed by atoms with Crippen LogP contribution in [0.4, 0.5) is 5.69 Å². The highest BCUT2D eigenvalue weighted by Gasteiger charge is 2.11. The zero-order valence-electron chi connectivity index (χ0n) is 13.5. The van der Waals surface area contributed by atoms with Crippen LogP contribution in [0, 0.1) is 0 Å². The Morgan fingerprint density at radius 3 is 2.52 bits per heavy atom. The van der Waals surface area contributed by atoms with E-state index < -0.39 is 0 Å². The molecule has 6 nitrogen and oxygen atoms in total. The maximum absolute atomic E-state index is 12.1. The summed E-state index contributed by atoms with van der Waals surface area (Å²) < 4.78 is 15.6. The number of rotatable bonds is 7. The Kier molecular flexibility index (Phi) is 5.80. The summed E-state index contributed by atoms with van der Waals surface area (Å²) in [5, 5.41) is 2.80. The van der Waals surface area contributed by atoms with Crippen molar-refractivity contribution in [2.45, 2.75) is 12.8 Å². The molecule has 0 fully saturated rings. The van der Waals surface area contributed by atoms with E-state index in [0.717, 1.165) is 5.56 Å². The van der Waals surface area contributed by atoms with Gasteiger partial charge in [-0.25, -0.2) is 4.98 Å². The molecule has 2 rings (SSSR count). The second kappa shape index (κ2) is 8.03. The minimum atomic E-state index is -0.0955. The largest absolute Gasteiger partial charge is 0.493 e. The SMILES string of the molecule is COc1ccc(NC(=O)CCc2cccc(OC)c2OC)cn1. The van der Waals surface area contributed by atoms with Crippen LogP contribution in [0.3, 0.4) is 0 Å². The number of aromatic nitrogens is 1. The minimum Gasteiger partial charge on any atom is -0.493 e. The highest BCUT2D eigenvalue weighted by atomic mass is 16.5. The zero-order valence-corrected chi connectivity index (χ0v) is 13.5. The van der Waals surface area contributed by atoms with Crippen molar-refractivity contribution in [1.29, 1.82) is 0 Å². The molecule has 122 valence electrons. The van der Waals surface area contributed by atoms with Crippen molar-refractivity contribution in [1.82, 2.24) is 4.98 Å². The first kappa shape index (κ1) is 16.6. The Hall–Kier alpha value is -2.76. The number of benzene rings is 1. The standard InChI is InChI=1S/C17H20N2O4/c1-21-14-6-4-5-12(17(14)23-3)7-9-15(20)19-13-8-10-16(22-2)18-11-13/h4-6,8,10-11H,7,9H2,1-3H3,(H,19,20). The smallest absolute Gasteiger partial charge is 0.224 e. The van der Waals surface area contributed by atoms with E-state index in [0.29, 0.717) is 35.9 Å². The highest BCUT2D eigenvalue weighted by molar-refractivity contribution is 5.90. The third-order valence-corrected chi connectivity index (χ3v) is 3.34. The van der Waals surface area contributed by atoms with Crippen molar-refractivity contribution < 1.29 is 19.0 Å². The van der Waals surface area contributed by atoms with Gasteiger partial charge in [-0.1, -0.05) is 12.1 Å². The number of nitrogens with one attached hydrogen (secondary N) is 1. The predicted molar refractivity (Wildman–Crippen MR) is 87.3 cm³/mol. The molecule has 1 amide bonds. The van der Waals surface area contributed by atoms with Crippen LogP contribution in [0.25, 0.3) is 0 Å². The average molecular weight is 316 g/mol. The Labute approximate surface area is 135 Å². The number of amides is 1. The molecule has 0 spiro atoms. The number of anilines is 1. The van der Waals surface area contributed by atoms with E-state index in [1.807, 2.05) is 18.2 Å². The fourth-order valence-corrected chi connectivity index (χ4v) is 2.20. The van der Waals surface area contributed by atoms with Crippen LogP contribution in [0.15, 0.2) is 36.5 Å². The molecule has 0 saturated carbocycles. The summed E-state index contributed by atoms with van der Waals surface area (Å²) >= 11 is 0. The van der Waals surface area contributed by atoms with Crippen LogP contribution in [0.5, 0.6) is 17.4 Å². The van der Waals surface area contributed by atoms with E-state index in [-0.39, 0.29) is 5.91 Å². The minimum absolute atomic E-state index is 0.0955. The fourth-order valence-electron chi connectivity index (χ4n) is 2.20. The number of carbonyl (C=O) groups excluding carboxylic acids is 1. The van der Waals surface area contributed by atoms with E-state index in [2.05, 4.69) is 10.3 Å². The van der Waals surface area contributed by atoms with Gasteiger partial charge in [0.05, 0.1) is 33.2 Å². The van der Waals surface area contributed by atoms with Crippen molar-refractivity contribution in [3.63, 3.8) is 0 Å².